The van der Waals surface area contributed by atoms with Crippen molar-refractivity contribution in [1.82, 2.24) is 20.2 Å². The number of carbonyl (C=O) groups is 2. The summed E-state index contributed by atoms with van der Waals surface area (Å²) in [5.41, 5.74) is 1.66. The molecule has 3 rings (SSSR count). The molecule has 0 aliphatic carbocycles. The smallest absolute Gasteiger partial charge is 0.246 e. The standard InChI is InChI=1S/C20H20N4O2/c1-21-20(26)18(15-8-4-2-5-9-15)23-17(25)14-24-13-12-22-19(24)16-10-6-3-7-11-16/h2-13,18H,14H2,1H3,(H,21,26)(H,23,25)/t18-/m0/s1. The summed E-state index contributed by atoms with van der Waals surface area (Å²) in [5, 5.41) is 5.39. The Bertz CT molecular complexity index is 875. The quantitative estimate of drug-likeness (QED) is 0.717. The third-order valence-corrected chi connectivity index (χ3v) is 4.01. The maximum absolute atomic E-state index is 12.6. The number of hydrogen-bond acceptors (Lipinski definition) is 3. The number of nitrogens with zero attached hydrogens (tertiary/aromatic N) is 2. The zero-order valence-electron chi connectivity index (χ0n) is 14.4. The van der Waals surface area contributed by atoms with Crippen LogP contribution in [0.1, 0.15) is 11.6 Å². The van der Waals surface area contributed by atoms with E-state index in [-0.39, 0.29) is 18.4 Å². The number of aromatic nitrogens is 2. The van der Waals surface area contributed by atoms with Crippen LogP contribution in [0.4, 0.5) is 0 Å². The molecule has 2 aromatic carbocycles. The molecule has 0 saturated heterocycles. The molecule has 132 valence electrons. The van der Waals surface area contributed by atoms with Gasteiger partial charge < -0.3 is 15.2 Å². The van der Waals surface area contributed by atoms with E-state index in [2.05, 4.69) is 15.6 Å². The highest BCUT2D eigenvalue weighted by Gasteiger charge is 2.22. The van der Waals surface area contributed by atoms with Gasteiger partial charge in [0, 0.05) is 25.0 Å². The monoisotopic (exact) mass is 348 g/mol. The van der Waals surface area contributed by atoms with E-state index < -0.39 is 6.04 Å². The van der Waals surface area contributed by atoms with Gasteiger partial charge in [0.1, 0.15) is 18.4 Å². The fourth-order valence-electron chi connectivity index (χ4n) is 2.74. The molecule has 1 aromatic heterocycles. The summed E-state index contributed by atoms with van der Waals surface area (Å²) < 4.78 is 1.76. The van der Waals surface area contributed by atoms with Crippen molar-refractivity contribution in [3.8, 4) is 11.4 Å². The van der Waals surface area contributed by atoms with Gasteiger partial charge in [-0.1, -0.05) is 60.7 Å². The first-order valence-electron chi connectivity index (χ1n) is 8.31. The number of imidazole rings is 1. The van der Waals surface area contributed by atoms with Gasteiger partial charge in [0.15, 0.2) is 0 Å². The lowest BCUT2D eigenvalue weighted by Gasteiger charge is -2.18. The van der Waals surface area contributed by atoms with Gasteiger partial charge >= 0.3 is 0 Å². The Morgan fingerprint density at radius 2 is 1.69 bits per heavy atom. The Labute approximate surface area is 151 Å². The Balaban J connectivity index is 1.76. The van der Waals surface area contributed by atoms with E-state index in [0.717, 1.165) is 11.1 Å². The molecule has 1 atom stereocenters. The number of carbonyl (C=O) groups excluding carboxylic acids is 2. The van der Waals surface area contributed by atoms with Crippen molar-refractivity contribution in [3.63, 3.8) is 0 Å². The van der Waals surface area contributed by atoms with Crippen molar-refractivity contribution in [1.29, 1.82) is 0 Å². The summed E-state index contributed by atoms with van der Waals surface area (Å²) >= 11 is 0. The second-order valence-electron chi connectivity index (χ2n) is 5.77. The van der Waals surface area contributed by atoms with Crippen LogP contribution in [0.15, 0.2) is 73.1 Å². The third-order valence-electron chi connectivity index (χ3n) is 4.01. The van der Waals surface area contributed by atoms with Crippen LogP contribution >= 0.6 is 0 Å². The molecule has 6 heteroatoms. The minimum absolute atomic E-state index is 0.0740. The molecule has 0 aliphatic rings. The van der Waals surface area contributed by atoms with Gasteiger partial charge in [-0.2, -0.15) is 0 Å². The molecule has 2 amide bonds. The SMILES string of the molecule is CNC(=O)[C@@H](NC(=O)Cn1ccnc1-c1ccccc1)c1ccccc1. The zero-order chi connectivity index (χ0) is 18.4. The second kappa shape index (κ2) is 8.11. The van der Waals surface area contributed by atoms with E-state index in [1.807, 2.05) is 60.7 Å². The van der Waals surface area contributed by atoms with E-state index in [1.165, 1.54) is 0 Å². The molecular formula is C20H20N4O2. The number of likely N-dealkylation sites (N-methyl/N-ethyl adjacent to an activating group) is 1. The summed E-state index contributed by atoms with van der Waals surface area (Å²) in [6, 6.07) is 18.1. The van der Waals surface area contributed by atoms with Crippen LogP contribution in [0.5, 0.6) is 0 Å². The van der Waals surface area contributed by atoms with Crippen LogP contribution in [0, 0.1) is 0 Å². The Kier molecular flexibility index (Phi) is 5.43. The van der Waals surface area contributed by atoms with Gasteiger partial charge in [-0.05, 0) is 5.56 Å². The molecule has 0 saturated carbocycles. The number of nitrogens with one attached hydrogen (secondary N) is 2. The number of benzene rings is 2. The van der Waals surface area contributed by atoms with Gasteiger partial charge in [0.05, 0.1) is 0 Å². The fraction of sp³-hybridized carbons (Fsp3) is 0.150. The minimum atomic E-state index is -0.739. The molecule has 0 aliphatic heterocycles. The summed E-state index contributed by atoms with van der Waals surface area (Å²) in [6.45, 7) is 0.0740. The van der Waals surface area contributed by atoms with Crippen LogP contribution in [0.3, 0.4) is 0 Å². The van der Waals surface area contributed by atoms with Crippen molar-refractivity contribution in [2.45, 2.75) is 12.6 Å². The van der Waals surface area contributed by atoms with Gasteiger partial charge in [0.25, 0.3) is 0 Å². The highest BCUT2D eigenvalue weighted by Crippen LogP contribution is 2.17. The number of rotatable bonds is 6. The maximum atomic E-state index is 12.6. The highest BCUT2D eigenvalue weighted by atomic mass is 16.2. The van der Waals surface area contributed by atoms with Crippen molar-refractivity contribution < 1.29 is 9.59 Å². The Morgan fingerprint density at radius 3 is 2.35 bits per heavy atom. The average molecular weight is 348 g/mol. The lowest BCUT2D eigenvalue weighted by molar-refractivity contribution is -0.129. The number of amides is 2. The van der Waals surface area contributed by atoms with E-state index >= 15 is 0 Å². The van der Waals surface area contributed by atoms with Gasteiger partial charge in [-0.3, -0.25) is 9.59 Å². The predicted molar refractivity (Wildman–Crippen MR) is 99.1 cm³/mol. The van der Waals surface area contributed by atoms with Crippen molar-refractivity contribution >= 4 is 11.8 Å². The molecule has 0 bridgehead atoms. The van der Waals surface area contributed by atoms with Crippen LogP contribution in [-0.4, -0.2) is 28.4 Å². The van der Waals surface area contributed by atoms with Gasteiger partial charge in [-0.25, -0.2) is 4.98 Å². The molecule has 0 fully saturated rings. The molecule has 3 aromatic rings. The molecule has 6 nitrogen and oxygen atoms in total. The normalized spacial score (nSPS) is 11.6. The summed E-state index contributed by atoms with van der Waals surface area (Å²) in [7, 11) is 1.55. The summed E-state index contributed by atoms with van der Waals surface area (Å²) in [4.78, 5) is 29.1. The molecule has 0 unspecified atom stereocenters. The third kappa shape index (κ3) is 3.97. The maximum Gasteiger partial charge on any atom is 0.246 e. The van der Waals surface area contributed by atoms with E-state index in [4.69, 9.17) is 0 Å². The molecule has 26 heavy (non-hydrogen) atoms. The van der Waals surface area contributed by atoms with Crippen LogP contribution in [-0.2, 0) is 16.1 Å². The lowest BCUT2D eigenvalue weighted by atomic mass is 10.1. The van der Waals surface area contributed by atoms with E-state index in [0.29, 0.717) is 5.82 Å². The van der Waals surface area contributed by atoms with E-state index in [1.54, 1.807) is 24.0 Å². The first-order chi connectivity index (χ1) is 12.7. The first-order valence-corrected chi connectivity index (χ1v) is 8.31. The molecule has 1 heterocycles. The van der Waals surface area contributed by atoms with Gasteiger partial charge in [-0.15, -0.1) is 0 Å². The topological polar surface area (TPSA) is 76.0 Å². The van der Waals surface area contributed by atoms with E-state index in [9.17, 15) is 9.59 Å². The highest BCUT2D eigenvalue weighted by molar-refractivity contribution is 5.88. The van der Waals surface area contributed by atoms with Crippen molar-refractivity contribution in [2.24, 2.45) is 0 Å². The summed E-state index contributed by atoms with van der Waals surface area (Å²) in [5.74, 6) is 0.174. The predicted octanol–water partition coefficient (Wildman–Crippen LogP) is 2.15. The molecule has 0 radical (unpaired) electrons. The zero-order valence-corrected chi connectivity index (χ0v) is 14.4. The molecule has 0 spiro atoms. The second-order valence-corrected chi connectivity index (χ2v) is 5.77. The first kappa shape index (κ1) is 17.4. The Morgan fingerprint density at radius 1 is 1.04 bits per heavy atom. The molecular weight excluding hydrogens is 328 g/mol. The summed E-state index contributed by atoms with van der Waals surface area (Å²) in [6.07, 6.45) is 3.41. The minimum Gasteiger partial charge on any atom is -0.357 e. The van der Waals surface area contributed by atoms with Crippen molar-refractivity contribution in [2.75, 3.05) is 7.05 Å². The largest absolute Gasteiger partial charge is 0.357 e. The van der Waals surface area contributed by atoms with Crippen LogP contribution in [0.25, 0.3) is 11.4 Å². The van der Waals surface area contributed by atoms with Crippen LogP contribution in [0.2, 0.25) is 0 Å². The molecule has 2 N–H and O–H groups in total. The fourth-order valence-corrected chi connectivity index (χ4v) is 2.74. The van der Waals surface area contributed by atoms with Gasteiger partial charge in [0.2, 0.25) is 11.8 Å². The lowest BCUT2D eigenvalue weighted by Crippen LogP contribution is -2.40. The Hall–Kier alpha value is -3.41. The van der Waals surface area contributed by atoms with Crippen molar-refractivity contribution in [3.05, 3.63) is 78.6 Å². The number of hydrogen-bond donors (Lipinski definition) is 2. The average Bonchev–Trinajstić information content (AvgIpc) is 3.15. The van der Waals surface area contributed by atoms with Crippen LogP contribution < -0.4 is 10.6 Å².